The molecule has 0 radical (unpaired) electrons. The number of hydrogen-bond donors (Lipinski definition) is 2. The molecule has 1 amide bonds. The zero-order valence-electron chi connectivity index (χ0n) is 12.3. The van der Waals surface area contributed by atoms with Gasteiger partial charge in [0.1, 0.15) is 0 Å². The van der Waals surface area contributed by atoms with Crippen LogP contribution < -0.4 is 11.1 Å². The Morgan fingerprint density at radius 3 is 2.81 bits per heavy atom. The van der Waals surface area contributed by atoms with Crippen LogP contribution in [-0.4, -0.2) is 21.5 Å². The van der Waals surface area contributed by atoms with Crippen molar-refractivity contribution in [1.29, 1.82) is 0 Å². The summed E-state index contributed by atoms with van der Waals surface area (Å²) in [6.45, 7) is 3.21. The maximum Gasteiger partial charge on any atom is 0.220 e. The molecular weight excluding hydrogens is 264 g/mol. The predicted octanol–water partition coefficient (Wildman–Crippen LogP) is 1.67. The van der Waals surface area contributed by atoms with Crippen molar-refractivity contribution in [2.45, 2.75) is 38.9 Å². The lowest BCUT2D eigenvalue weighted by atomic mass is 10.1. The fraction of sp³-hybridized carbons (Fsp3) is 0.375. The summed E-state index contributed by atoms with van der Waals surface area (Å²) in [6, 6.07) is 8.17. The van der Waals surface area contributed by atoms with Gasteiger partial charge < -0.3 is 15.6 Å². The first kappa shape index (κ1) is 15.3. The smallest absolute Gasteiger partial charge is 0.220 e. The Bertz CT molecular complexity index is 563. The molecule has 112 valence electrons. The van der Waals surface area contributed by atoms with Gasteiger partial charge in [-0.2, -0.15) is 0 Å². The molecule has 0 aliphatic rings. The van der Waals surface area contributed by atoms with E-state index in [0.717, 1.165) is 12.1 Å². The third-order valence-electron chi connectivity index (χ3n) is 3.33. The second-order valence-electron chi connectivity index (χ2n) is 5.30. The van der Waals surface area contributed by atoms with Gasteiger partial charge >= 0.3 is 0 Å². The van der Waals surface area contributed by atoms with E-state index in [1.807, 2.05) is 35.9 Å². The molecule has 0 aliphatic heterocycles. The Hall–Kier alpha value is -2.14. The van der Waals surface area contributed by atoms with Crippen LogP contribution in [0.25, 0.3) is 0 Å². The number of nitrogens with one attached hydrogen (secondary N) is 1. The van der Waals surface area contributed by atoms with Gasteiger partial charge in [0.25, 0.3) is 0 Å². The molecule has 5 nitrogen and oxygen atoms in total. The van der Waals surface area contributed by atoms with Crippen LogP contribution in [0.2, 0.25) is 0 Å². The number of amides is 1. The highest BCUT2D eigenvalue weighted by Crippen LogP contribution is 2.10. The van der Waals surface area contributed by atoms with Crippen LogP contribution >= 0.6 is 0 Å². The number of carbonyl (C=O) groups is 1. The average Bonchev–Trinajstić information content (AvgIpc) is 2.97. The zero-order valence-corrected chi connectivity index (χ0v) is 12.3. The van der Waals surface area contributed by atoms with Crippen molar-refractivity contribution in [2.24, 2.45) is 5.73 Å². The summed E-state index contributed by atoms with van der Waals surface area (Å²) in [7, 11) is 0. The van der Waals surface area contributed by atoms with Crippen molar-refractivity contribution in [3.8, 4) is 0 Å². The third kappa shape index (κ3) is 5.04. The maximum absolute atomic E-state index is 11.8. The quantitative estimate of drug-likeness (QED) is 0.813. The number of rotatable bonds is 7. The largest absolute Gasteiger partial charge is 0.352 e. The van der Waals surface area contributed by atoms with Crippen molar-refractivity contribution >= 4 is 5.91 Å². The average molecular weight is 286 g/mol. The molecule has 1 aromatic heterocycles. The van der Waals surface area contributed by atoms with Gasteiger partial charge in [0.2, 0.25) is 5.91 Å². The topological polar surface area (TPSA) is 72.9 Å². The molecule has 0 aliphatic carbocycles. The summed E-state index contributed by atoms with van der Waals surface area (Å²) in [5.41, 5.74) is 7.97. The van der Waals surface area contributed by atoms with E-state index in [0.29, 0.717) is 19.4 Å². The highest BCUT2D eigenvalue weighted by molar-refractivity contribution is 5.75. The van der Waals surface area contributed by atoms with E-state index in [-0.39, 0.29) is 11.9 Å². The second-order valence-corrected chi connectivity index (χ2v) is 5.30. The normalized spacial score (nSPS) is 12.1. The molecule has 2 rings (SSSR count). The molecule has 1 heterocycles. The van der Waals surface area contributed by atoms with Gasteiger partial charge in [0, 0.05) is 37.9 Å². The van der Waals surface area contributed by atoms with Crippen LogP contribution in [0.1, 0.15) is 30.9 Å². The van der Waals surface area contributed by atoms with Crippen molar-refractivity contribution < 1.29 is 4.79 Å². The van der Waals surface area contributed by atoms with Gasteiger partial charge in [-0.1, -0.05) is 24.3 Å². The number of aromatic nitrogens is 2. The molecule has 3 N–H and O–H groups in total. The van der Waals surface area contributed by atoms with E-state index >= 15 is 0 Å². The SMILES string of the molecule is CC(N)CCC(=O)NCc1ccccc1Cn1ccnc1. The van der Waals surface area contributed by atoms with Gasteiger partial charge in [-0.3, -0.25) is 4.79 Å². The number of nitrogens with zero attached hydrogens (tertiary/aromatic N) is 2. The van der Waals surface area contributed by atoms with Gasteiger partial charge in [0.05, 0.1) is 6.33 Å². The van der Waals surface area contributed by atoms with E-state index in [9.17, 15) is 4.79 Å². The standard InChI is InChI=1S/C16H22N4O/c1-13(17)6-7-16(21)19-10-14-4-2-3-5-15(14)11-20-9-8-18-12-20/h2-5,8-9,12-13H,6-7,10-11,17H2,1H3,(H,19,21). The Labute approximate surface area is 125 Å². The van der Waals surface area contributed by atoms with Gasteiger partial charge in [-0.05, 0) is 24.5 Å². The van der Waals surface area contributed by atoms with Crippen LogP contribution in [0, 0.1) is 0 Å². The minimum atomic E-state index is 0.0460. The van der Waals surface area contributed by atoms with Gasteiger partial charge in [-0.15, -0.1) is 0 Å². The van der Waals surface area contributed by atoms with Crippen LogP contribution in [0.3, 0.4) is 0 Å². The number of carbonyl (C=O) groups excluding carboxylic acids is 1. The maximum atomic E-state index is 11.8. The first-order valence-electron chi connectivity index (χ1n) is 7.20. The van der Waals surface area contributed by atoms with Crippen LogP contribution in [0.5, 0.6) is 0 Å². The lowest BCUT2D eigenvalue weighted by molar-refractivity contribution is -0.121. The first-order chi connectivity index (χ1) is 10.1. The summed E-state index contributed by atoms with van der Waals surface area (Å²) in [5, 5.41) is 2.95. The van der Waals surface area contributed by atoms with Crippen molar-refractivity contribution in [1.82, 2.24) is 14.9 Å². The Kier molecular flexibility index (Phi) is 5.51. The van der Waals surface area contributed by atoms with Crippen LogP contribution in [-0.2, 0) is 17.9 Å². The summed E-state index contributed by atoms with van der Waals surface area (Å²) in [6.07, 6.45) is 6.66. The van der Waals surface area contributed by atoms with Crippen LogP contribution in [0.4, 0.5) is 0 Å². The molecule has 0 saturated carbocycles. The lowest BCUT2D eigenvalue weighted by Gasteiger charge is -2.11. The summed E-state index contributed by atoms with van der Waals surface area (Å²) in [5.74, 6) is 0.0460. The fourth-order valence-electron chi connectivity index (χ4n) is 2.10. The van der Waals surface area contributed by atoms with E-state index in [1.54, 1.807) is 12.5 Å². The zero-order chi connectivity index (χ0) is 15.1. The van der Waals surface area contributed by atoms with E-state index in [4.69, 9.17) is 5.73 Å². The number of benzene rings is 1. The molecule has 1 unspecified atom stereocenters. The minimum absolute atomic E-state index is 0.0460. The molecule has 21 heavy (non-hydrogen) atoms. The summed E-state index contributed by atoms with van der Waals surface area (Å²) in [4.78, 5) is 15.8. The monoisotopic (exact) mass is 286 g/mol. The number of imidazole rings is 1. The molecule has 0 saturated heterocycles. The van der Waals surface area contributed by atoms with Crippen LogP contribution in [0.15, 0.2) is 43.0 Å². The number of hydrogen-bond acceptors (Lipinski definition) is 3. The molecule has 0 spiro atoms. The third-order valence-corrected chi connectivity index (χ3v) is 3.33. The van der Waals surface area contributed by atoms with Crippen molar-refractivity contribution in [3.63, 3.8) is 0 Å². The van der Waals surface area contributed by atoms with Gasteiger partial charge in [0.15, 0.2) is 0 Å². The molecule has 1 aromatic carbocycles. The number of nitrogens with two attached hydrogens (primary N) is 1. The van der Waals surface area contributed by atoms with E-state index in [1.165, 1.54) is 5.56 Å². The van der Waals surface area contributed by atoms with Crippen molar-refractivity contribution in [2.75, 3.05) is 0 Å². The molecular formula is C16H22N4O. The molecule has 0 bridgehead atoms. The Morgan fingerprint density at radius 1 is 1.38 bits per heavy atom. The highest BCUT2D eigenvalue weighted by atomic mass is 16.1. The highest BCUT2D eigenvalue weighted by Gasteiger charge is 2.06. The lowest BCUT2D eigenvalue weighted by Crippen LogP contribution is -2.26. The second kappa shape index (κ2) is 7.59. The van der Waals surface area contributed by atoms with Crippen molar-refractivity contribution in [3.05, 3.63) is 54.1 Å². The summed E-state index contributed by atoms with van der Waals surface area (Å²) >= 11 is 0. The predicted molar refractivity (Wildman–Crippen MR) is 82.5 cm³/mol. The Morgan fingerprint density at radius 2 is 2.14 bits per heavy atom. The van der Waals surface area contributed by atoms with E-state index < -0.39 is 0 Å². The molecule has 5 heteroatoms. The fourth-order valence-corrected chi connectivity index (χ4v) is 2.10. The molecule has 2 aromatic rings. The first-order valence-corrected chi connectivity index (χ1v) is 7.20. The Balaban J connectivity index is 1.92. The molecule has 0 fully saturated rings. The van der Waals surface area contributed by atoms with Gasteiger partial charge in [-0.25, -0.2) is 4.98 Å². The van der Waals surface area contributed by atoms with E-state index in [2.05, 4.69) is 16.4 Å². The minimum Gasteiger partial charge on any atom is -0.352 e. The summed E-state index contributed by atoms with van der Waals surface area (Å²) < 4.78 is 2.01. The molecule has 1 atom stereocenters.